The first-order valence-electron chi connectivity index (χ1n) is 8.51. The van der Waals surface area contributed by atoms with Crippen molar-refractivity contribution in [1.82, 2.24) is 4.90 Å². The fourth-order valence-electron chi connectivity index (χ4n) is 2.91. The van der Waals surface area contributed by atoms with Gasteiger partial charge in [0.25, 0.3) is 5.91 Å². The first-order chi connectivity index (χ1) is 12.0. The maximum Gasteiger partial charge on any atom is 0.260 e. The van der Waals surface area contributed by atoms with Crippen LogP contribution in [0.1, 0.15) is 11.1 Å². The quantitative estimate of drug-likeness (QED) is 0.856. The van der Waals surface area contributed by atoms with Gasteiger partial charge in [-0.25, -0.2) is 4.39 Å². The van der Waals surface area contributed by atoms with Gasteiger partial charge in [-0.3, -0.25) is 4.79 Å². The Kier molecular flexibility index (Phi) is 5.22. The predicted octanol–water partition coefficient (Wildman–Crippen LogP) is 3.17. The lowest BCUT2D eigenvalue weighted by molar-refractivity contribution is -0.133. The van der Waals surface area contributed by atoms with Gasteiger partial charge in [0.15, 0.2) is 6.61 Å². The zero-order chi connectivity index (χ0) is 17.8. The Balaban J connectivity index is 1.49. The monoisotopic (exact) mass is 342 g/mol. The smallest absolute Gasteiger partial charge is 0.260 e. The van der Waals surface area contributed by atoms with E-state index in [1.807, 2.05) is 36.9 Å². The molecule has 0 saturated carbocycles. The lowest BCUT2D eigenvalue weighted by Crippen LogP contribution is -2.50. The first kappa shape index (κ1) is 17.3. The molecule has 0 radical (unpaired) electrons. The second kappa shape index (κ2) is 7.55. The molecule has 0 bridgehead atoms. The van der Waals surface area contributed by atoms with E-state index in [0.29, 0.717) is 13.1 Å². The summed E-state index contributed by atoms with van der Waals surface area (Å²) < 4.78 is 18.6. The molecule has 4 nitrogen and oxygen atoms in total. The van der Waals surface area contributed by atoms with Gasteiger partial charge in [-0.05, 0) is 61.4 Å². The van der Waals surface area contributed by atoms with Crippen LogP contribution >= 0.6 is 0 Å². The van der Waals surface area contributed by atoms with Gasteiger partial charge in [0.05, 0.1) is 0 Å². The molecule has 1 heterocycles. The molecule has 0 spiro atoms. The van der Waals surface area contributed by atoms with Crippen molar-refractivity contribution in [1.29, 1.82) is 0 Å². The summed E-state index contributed by atoms with van der Waals surface area (Å²) >= 11 is 0. The molecule has 1 fully saturated rings. The van der Waals surface area contributed by atoms with Gasteiger partial charge in [0.1, 0.15) is 11.6 Å². The van der Waals surface area contributed by atoms with E-state index in [0.717, 1.165) is 30.1 Å². The lowest BCUT2D eigenvalue weighted by atomic mass is 10.1. The molecule has 0 unspecified atom stereocenters. The second-order valence-corrected chi connectivity index (χ2v) is 6.38. The number of hydrogen-bond donors (Lipinski definition) is 0. The van der Waals surface area contributed by atoms with Crippen LogP contribution in [0.3, 0.4) is 0 Å². The number of anilines is 1. The number of aryl methyl sites for hydroxylation is 2. The SMILES string of the molecule is Cc1ccc(OCC(=O)N2CCN(c3ccc(F)cc3)CC2)cc1C. The van der Waals surface area contributed by atoms with E-state index in [1.165, 1.54) is 17.7 Å². The zero-order valence-electron chi connectivity index (χ0n) is 14.7. The number of piperazine rings is 1. The summed E-state index contributed by atoms with van der Waals surface area (Å²) in [6.07, 6.45) is 0. The van der Waals surface area contributed by atoms with Crippen molar-refractivity contribution in [3.63, 3.8) is 0 Å². The molecule has 0 atom stereocenters. The minimum Gasteiger partial charge on any atom is -0.484 e. The summed E-state index contributed by atoms with van der Waals surface area (Å²) in [5.74, 6) is 0.486. The van der Waals surface area contributed by atoms with E-state index in [-0.39, 0.29) is 18.3 Å². The maximum absolute atomic E-state index is 13.0. The van der Waals surface area contributed by atoms with E-state index in [1.54, 1.807) is 12.1 Å². The molecular weight excluding hydrogens is 319 g/mol. The van der Waals surface area contributed by atoms with Crippen LogP contribution in [0.25, 0.3) is 0 Å². The minimum atomic E-state index is -0.235. The highest BCUT2D eigenvalue weighted by Crippen LogP contribution is 2.18. The van der Waals surface area contributed by atoms with Crippen molar-refractivity contribution in [2.24, 2.45) is 0 Å². The molecule has 0 N–H and O–H groups in total. The van der Waals surface area contributed by atoms with Crippen LogP contribution in [0.4, 0.5) is 10.1 Å². The van der Waals surface area contributed by atoms with Crippen molar-refractivity contribution >= 4 is 11.6 Å². The number of hydrogen-bond acceptors (Lipinski definition) is 3. The van der Waals surface area contributed by atoms with Crippen LogP contribution < -0.4 is 9.64 Å². The Morgan fingerprint density at radius 3 is 2.32 bits per heavy atom. The van der Waals surface area contributed by atoms with Crippen LogP contribution in [-0.2, 0) is 4.79 Å². The fourth-order valence-corrected chi connectivity index (χ4v) is 2.91. The number of halogens is 1. The van der Waals surface area contributed by atoms with E-state index in [9.17, 15) is 9.18 Å². The lowest BCUT2D eigenvalue weighted by Gasteiger charge is -2.36. The molecule has 0 aliphatic carbocycles. The molecule has 3 rings (SSSR count). The number of amides is 1. The third kappa shape index (κ3) is 4.29. The van der Waals surface area contributed by atoms with E-state index in [2.05, 4.69) is 4.90 Å². The normalized spacial score (nSPS) is 14.5. The second-order valence-electron chi connectivity index (χ2n) is 6.38. The van der Waals surface area contributed by atoms with Gasteiger partial charge < -0.3 is 14.5 Å². The number of carbonyl (C=O) groups is 1. The summed E-state index contributed by atoms with van der Waals surface area (Å²) in [7, 11) is 0. The van der Waals surface area contributed by atoms with E-state index in [4.69, 9.17) is 4.74 Å². The largest absolute Gasteiger partial charge is 0.484 e. The topological polar surface area (TPSA) is 32.8 Å². The third-order valence-electron chi connectivity index (χ3n) is 4.66. The summed E-state index contributed by atoms with van der Waals surface area (Å²) in [6, 6.07) is 12.3. The minimum absolute atomic E-state index is 0.00279. The van der Waals surface area contributed by atoms with Crippen molar-refractivity contribution in [3.05, 3.63) is 59.4 Å². The Bertz CT molecular complexity index is 738. The molecule has 5 heteroatoms. The van der Waals surface area contributed by atoms with Gasteiger partial charge in [-0.15, -0.1) is 0 Å². The summed E-state index contributed by atoms with van der Waals surface area (Å²) in [6.45, 7) is 6.89. The van der Waals surface area contributed by atoms with Crippen molar-refractivity contribution in [3.8, 4) is 5.75 Å². The number of nitrogens with zero attached hydrogens (tertiary/aromatic N) is 2. The van der Waals surface area contributed by atoms with Gasteiger partial charge in [0.2, 0.25) is 0 Å². The Labute approximate surface area is 147 Å². The van der Waals surface area contributed by atoms with Crippen molar-refractivity contribution in [2.45, 2.75) is 13.8 Å². The van der Waals surface area contributed by atoms with Crippen molar-refractivity contribution < 1.29 is 13.9 Å². The van der Waals surface area contributed by atoms with Crippen LogP contribution in [0.5, 0.6) is 5.75 Å². The Morgan fingerprint density at radius 1 is 1.00 bits per heavy atom. The first-order valence-corrected chi connectivity index (χ1v) is 8.51. The maximum atomic E-state index is 13.0. The molecule has 2 aromatic rings. The highest BCUT2D eigenvalue weighted by molar-refractivity contribution is 5.78. The standard InChI is InChI=1S/C20H23FN2O2/c1-15-3-8-19(13-16(15)2)25-14-20(24)23-11-9-22(10-12-23)18-6-4-17(21)5-7-18/h3-8,13H,9-12,14H2,1-2H3. The van der Waals surface area contributed by atoms with Gasteiger partial charge in [0, 0.05) is 31.9 Å². The number of benzene rings is 2. The summed E-state index contributed by atoms with van der Waals surface area (Å²) in [4.78, 5) is 16.3. The van der Waals surface area contributed by atoms with Crippen LogP contribution in [0.15, 0.2) is 42.5 Å². The molecule has 1 amide bonds. The molecule has 132 valence electrons. The van der Waals surface area contributed by atoms with E-state index >= 15 is 0 Å². The zero-order valence-corrected chi connectivity index (χ0v) is 14.7. The number of ether oxygens (including phenoxy) is 1. The fraction of sp³-hybridized carbons (Fsp3) is 0.350. The average Bonchev–Trinajstić information content (AvgIpc) is 2.63. The number of rotatable bonds is 4. The molecule has 1 aliphatic rings. The number of carbonyl (C=O) groups excluding carboxylic acids is 1. The molecule has 0 aromatic heterocycles. The molecule has 2 aromatic carbocycles. The predicted molar refractivity (Wildman–Crippen MR) is 96.6 cm³/mol. The third-order valence-corrected chi connectivity index (χ3v) is 4.66. The molecule has 25 heavy (non-hydrogen) atoms. The summed E-state index contributed by atoms with van der Waals surface area (Å²) in [5, 5.41) is 0. The Morgan fingerprint density at radius 2 is 1.68 bits per heavy atom. The van der Waals surface area contributed by atoms with Gasteiger partial charge >= 0.3 is 0 Å². The highest BCUT2D eigenvalue weighted by atomic mass is 19.1. The average molecular weight is 342 g/mol. The Hall–Kier alpha value is -2.56. The van der Waals surface area contributed by atoms with Crippen LogP contribution in [0, 0.1) is 19.7 Å². The van der Waals surface area contributed by atoms with Crippen LogP contribution in [-0.4, -0.2) is 43.6 Å². The van der Waals surface area contributed by atoms with Crippen LogP contribution in [0.2, 0.25) is 0 Å². The van der Waals surface area contributed by atoms with Crippen molar-refractivity contribution in [2.75, 3.05) is 37.7 Å². The van der Waals surface area contributed by atoms with Gasteiger partial charge in [-0.2, -0.15) is 0 Å². The summed E-state index contributed by atoms with van der Waals surface area (Å²) in [5.41, 5.74) is 3.34. The highest BCUT2D eigenvalue weighted by Gasteiger charge is 2.21. The molecular formula is C20H23FN2O2. The molecule has 1 saturated heterocycles. The molecule has 1 aliphatic heterocycles. The van der Waals surface area contributed by atoms with E-state index < -0.39 is 0 Å². The van der Waals surface area contributed by atoms with Gasteiger partial charge in [-0.1, -0.05) is 6.07 Å².